The molecule has 3 heterocycles. The number of rotatable bonds is 3. The summed E-state index contributed by atoms with van der Waals surface area (Å²) in [6.45, 7) is 4.07. The van der Waals surface area contributed by atoms with Crippen LogP contribution in [0.15, 0.2) is 55.0 Å². The smallest absolute Gasteiger partial charge is 0.261 e. The highest BCUT2D eigenvalue weighted by molar-refractivity contribution is 6.10. The quantitative estimate of drug-likeness (QED) is 0.726. The first kappa shape index (κ1) is 18.3. The second-order valence-electron chi connectivity index (χ2n) is 8.11. The molecule has 0 unspecified atom stereocenters. The van der Waals surface area contributed by atoms with E-state index in [0.29, 0.717) is 23.3 Å². The van der Waals surface area contributed by atoms with Gasteiger partial charge in [-0.1, -0.05) is 12.2 Å². The van der Waals surface area contributed by atoms with E-state index < -0.39 is 0 Å². The SMILES string of the molecule is CC1(C)Cc2cc(NC(=O)c3cnn4cccnc34)c(C3=CCC(=O)C=C3)cc2O1. The summed E-state index contributed by atoms with van der Waals surface area (Å²) in [5.74, 6) is 0.566. The standard InChI is InChI=1S/C23H20N4O3/c1-23(2)12-15-10-19(17(11-20(15)30-23)14-4-6-16(28)7-5-14)26-22(29)18-13-25-27-9-3-8-24-21(18)27/h3-6,8-11,13H,7,12H2,1-2H3,(H,26,29). The van der Waals surface area contributed by atoms with Gasteiger partial charge in [-0.15, -0.1) is 0 Å². The van der Waals surface area contributed by atoms with E-state index in [1.165, 1.54) is 6.20 Å². The van der Waals surface area contributed by atoms with Crippen molar-refractivity contribution in [2.45, 2.75) is 32.3 Å². The maximum Gasteiger partial charge on any atom is 0.261 e. The Bertz CT molecular complexity index is 1270. The molecule has 0 radical (unpaired) electrons. The molecule has 1 aliphatic heterocycles. The summed E-state index contributed by atoms with van der Waals surface area (Å²) in [5, 5.41) is 7.22. The Balaban J connectivity index is 1.56. The first-order valence-corrected chi connectivity index (χ1v) is 9.77. The van der Waals surface area contributed by atoms with Gasteiger partial charge in [-0.25, -0.2) is 9.50 Å². The van der Waals surface area contributed by atoms with Crippen LogP contribution in [0.2, 0.25) is 0 Å². The van der Waals surface area contributed by atoms with Gasteiger partial charge in [0.05, 0.1) is 6.20 Å². The maximum atomic E-state index is 13.1. The first-order valence-electron chi connectivity index (χ1n) is 9.77. The second kappa shape index (κ2) is 6.66. The van der Waals surface area contributed by atoms with Gasteiger partial charge in [0, 0.05) is 42.0 Å². The minimum Gasteiger partial charge on any atom is -0.487 e. The molecule has 2 aliphatic rings. The number of carbonyl (C=O) groups is 2. The summed E-state index contributed by atoms with van der Waals surface area (Å²) in [6, 6.07) is 5.66. The Kier molecular flexibility index (Phi) is 4.06. The number of ketones is 1. The Morgan fingerprint density at radius 2 is 2.13 bits per heavy atom. The van der Waals surface area contributed by atoms with Crippen molar-refractivity contribution >= 4 is 28.6 Å². The van der Waals surface area contributed by atoms with Crippen LogP contribution in [-0.2, 0) is 11.2 Å². The number of benzene rings is 1. The van der Waals surface area contributed by atoms with Gasteiger partial charge in [-0.2, -0.15) is 5.10 Å². The fraction of sp³-hybridized carbons (Fsp3) is 0.217. The van der Waals surface area contributed by atoms with E-state index >= 15 is 0 Å². The molecule has 0 bridgehead atoms. The van der Waals surface area contributed by atoms with E-state index in [-0.39, 0.29) is 17.3 Å². The number of hydrogen-bond acceptors (Lipinski definition) is 5. The lowest BCUT2D eigenvalue weighted by Crippen LogP contribution is -2.24. The third kappa shape index (κ3) is 3.18. The Morgan fingerprint density at radius 1 is 1.27 bits per heavy atom. The van der Waals surface area contributed by atoms with E-state index in [1.807, 2.05) is 32.1 Å². The van der Waals surface area contributed by atoms with Gasteiger partial charge in [-0.3, -0.25) is 9.59 Å². The molecule has 0 saturated carbocycles. The van der Waals surface area contributed by atoms with Crippen LogP contribution in [0.1, 0.15) is 41.8 Å². The third-order valence-electron chi connectivity index (χ3n) is 5.26. The fourth-order valence-corrected chi connectivity index (χ4v) is 3.90. The molecule has 1 aliphatic carbocycles. The van der Waals surface area contributed by atoms with Gasteiger partial charge >= 0.3 is 0 Å². The molecular formula is C23H20N4O3. The van der Waals surface area contributed by atoms with Gasteiger partial charge in [0.15, 0.2) is 11.4 Å². The van der Waals surface area contributed by atoms with Crippen LogP contribution in [0.5, 0.6) is 5.75 Å². The second-order valence-corrected chi connectivity index (χ2v) is 8.11. The largest absolute Gasteiger partial charge is 0.487 e. The Morgan fingerprint density at radius 3 is 2.93 bits per heavy atom. The molecule has 0 saturated heterocycles. The van der Waals surface area contributed by atoms with Crippen molar-refractivity contribution in [3.63, 3.8) is 0 Å². The highest BCUT2D eigenvalue weighted by Gasteiger charge is 2.31. The molecule has 3 aromatic rings. The molecule has 0 spiro atoms. The van der Waals surface area contributed by atoms with Crippen molar-refractivity contribution in [3.05, 3.63) is 71.7 Å². The van der Waals surface area contributed by atoms with Gasteiger partial charge < -0.3 is 10.1 Å². The van der Waals surface area contributed by atoms with Crippen LogP contribution in [-0.4, -0.2) is 31.9 Å². The van der Waals surface area contributed by atoms with E-state index in [0.717, 1.165) is 28.9 Å². The van der Waals surface area contributed by atoms with Gasteiger partial charge in [0.1, 0.15) is 16.9 Å². The summed E-state index contributed by atoms with van der Waals surface area (Å²) in [4.78, 5) is 29.0. The highest BCUT2D eigenvalue weighted by atomic mass is 16.5. The molecule has 1 N–H and O–H groups in total. The number of allylic oxidation sites excluding steroid dienone is 4. The number of fused-ring (bicyclic) bond motifs is 2. The van der Waals surface area contributed by atoms with Crippen molar-refractivity contribution in [1.29, 1.82) is 0 Å². The minimum absolute atomic E-state index is 0.0558. The van der Waals surface area contributed by atoms with Crippen molar-refractivity contribution in [1.82, 2.24) is 14.6 Å². The fourth-order valence-electron chi connectivity index (χ4n) is 3.90. The van der Waals surface area contributed by atoms with Crippen molar-refractivity contribution in [3.8, 4) is 5.75 Å². The van der Waals surface area contributed by atoms with Crippen LogP contribution in [0.4, 0.5) is 5.69 Å². The molecule has 30 heavy (non-hydrogen) atoms. The number of nitrogens with one attached hydrogen (secondary N) is 1. The van der Waals surface area contributed by atoms with E-state index in [4.69, 9.17) is 4.74 Å². The topological polar surface area (TPSA) is 85.6 Å². The van der Waals surface area contributed by atoms with E-state index in [2.05, 4.69) is 15.4 Å². The molecule has 1 amide bonds. The molecule has 1 aromatic carbocycles. The van der Waals surface area contributed by atoms with Crippen LogP contribution < -0.4 is 10.1 Å². The monoisotopic (exact) mass is 400 g/mol. The predicted molar refractivity (Wildman–Crippen MR) is 113 cm³/mol. The lowest BCUT2D eigenvalue weighted by molar-refractivity contribution is -0.113. The van der Waals surface area contributed by atoms with Crippen LogP contribution in [0.3, 0.4) is 0 Å². The number of ether oxygens (including phenoxy) is 1. The zero-order valence-electron chi connectivity index (χ0n) is 16.7. The molecule has 2 aromatic heterocycles. The molecule has 7 heteroatoms. The Labute approximate surface area is 173 Å². The lowest BCUT2D eigenvalue weighted by Gasteiger charge is -2.17. The maximum absolute atomic E-state index is 13.1. The van der Waals surface area contributed by atoms with Gasteiger partial charge in [0.2, 0.25) is 0 Å². The average Bonchev–Trinajstić information content (AvgIpc) is 3.27. The van der Waals surface area contributed by atoms with Crippen molar-refractivity contribution in [2.75, 3.05) is 5.32 Å². The van der Waals surface area contributed by atoms with Crippen molar-refractivity contribution < 1.29 is 14.3 Å². The number of amides is 1. The summed E-state index contributed by atoms with van der Waals surface area (Å²) in [7, 11) is 0. The number of anilines is 1. The number of carbonyl (C=O) groups excluding carboxylic acids is 2. The number of hydrogen-bond donors (Lipinski definition) is 1. The highest BCUT2D eigenvalue weighted by Crippen LogP contribution is 2.41. The van der Waals surface area contributed by atoms with Crippen molar-refractivity contribution in [2.24, 2.45) is 0 Å². The molecule has 5 rings (SSSR count). The summed E-state index contributed by atoms with van der Waals surface area (Å²) >= 11 is 0. The first-order chi connectivity index (χ1) is 14.4. The third-order valence-corrected chi connectivity index (χ3v) is 5.26. The average molecular weight is 400 g/mol. The zero-order valence-corrected chi connectivity index (χ0v) is 16.7. The normalized spacial score (nSPS) is 16.9. The van der Waals surface area contributed by atoms with Gasteiger partial charge in [-0.05, 0) is 43.7 Å². The van der Waals surface area contributed by atoms with Gasteiger partial charge in [0.25, 0.3) is 5.91 Å². The zero-order chi connectivity index (χ0) is 20.9. The van der Waals surface area contributed by atoms with Crippen LogP contribution in [0, 0.1) is 0 Å². The molecular weight excluding hydrogens is 380 g/mol. The molecule has 150 valence electrons. The Hall–Kier alpha value is -3.74. The molecule has 7 nitrogen and oxygen atoms in total. The molecule has 0 atom stereocenters. The number of nitrogens with zero attached hydrogens (tertiary/aromatic N) is 3. The summed E-state index contributed by atoms with van der Waals surface area (Å²) in [5.41, 5.74) is 3.97. The van der Waals surface area contributed by atoms with Crippen LogP contribution in [0.25, 0.3) is 11.2 Å². The van der Waals surface area contributed by atoms with E-state index in [1.54, 1.807) is 35.1 Å². The number of aromatic nitrogens is 3. The van der Waals surface area contributed by atoms with E-state index in [9.17, 15) is 9.59 Å². The minimum atomic E-state index is -0.304. The van der Waals surface area contributed by atoms with Crippen LogP contribution >= 0.6 is 0 Å². The summed E-state index contributed by atoms with van der Waals surface area (Å²) < 4.78 is 7.64. The lowest BCUT2D eigenvalue weighted by atomic mass is 9.94. The summed E-state index contributed by atoms with van der Waals surface area (Å²) in [6.07, 6.45) is 11.2. The predicted octanol–water partition coefficient (Wildman–Crippen LogP) is 3.61. The molecule has 0 fully saturated rings.